The van der Waals surface area contributed by atoms with Crippen molar-refractivity contribution in [2.75, 3.05) is 13.1 Å². The Morgan fingerprint density at radius 3 is 1.80 bits per heavy atom. The van der Waals surface area contributed by atoms with Gasteiger partial charge < -0.3 is 10.6 Å². The Hall–Kier alpha value is -0.660. The first-order valence-electron chi connectivity index (χ1n) is 4.16. The molecule has 0 aromatic heterocycles. The maximum absolute atomic E-state index is 3.44. The van der Waals surface area contributed by atoms with E-state index >= 15 is 0 Å². The standard InChI is InChI=1S/C8H14N2/c1-2-4-8-7(3-1)9-5-6-10-8/h9-10H,1-6H2. The molecule has 56 valence electrons. The first-order chi connectivity index (χ1) is 4.97. The quantitative estimate of drug-likeness (QED) is 0.521. The monoisotopic (exact) mass is 138 g/mol. The fourth-order valence-electron chi connectivity index (χ4n) is 1.72. The van der Waals surface area contributed by atoms with Crippen LogP contribution in [-0.2, 0) is 0 Å². The number of nitrogens with one attached hydrogen (secondary N) is 2. The molecule has 0 saturated carbocycles. The molecule has 0 aromatic rings. The number of allylic oxidation sites excluding steroid dienone is 2. The van der Waals surface area contributed by atoms with E-state index in [2.05, 4.69) is 10.6 Å². The second-order valence-electron chi connectivity index (χ2n) is 3.02. The first kappa shape index (κ1) is 6.08. The van der Waals surface area contributed by atoms with Gasteiger partial charge in [0.05, 0.1) is 0 Å². The lowest BCUT2D eigenvalue weighted by atomic mass is 10.00. The second-order valence-corrected chi connectivity index (χ2v) is 3.02. The van der Waals surface area contributed by atoms with Gasteiger partial charge in [-0.3, -0.25) is 0 Å². The van der Waals surface area contributed by atoms with Gasteiger partial charge >= 0.3 is 0 Å². The van der Waals surface area contributed by atoms with Crippen LogP contribution >= 0.6 is 0 Å². The summed E-state index contributed by atoms with van der Waals surface area (Å²) in [6.45, 7) is 2.22. The minimum absolute atomic E-state index is 1.11. The molecule has 1 aliphatic carbocycles. The predicted molar refractivity (Wildman–Crippen MR) is 41.5 cm³/mol. The Balaban J connectivity index is 2.14. The molecule has 0 atom stereocenters. The van der Waals surface area contributed by atoms with E-state index in [0.717, 1.165) is 13.1 Å². The van der Waals surface area contributed by atoms with Crippen LogP contribution in [0.15, 0.2) is 11.4 Å². The summed E-state index contributed by atoms with van der Waals surface area (Å²) in [4.78, 5) is 0. The fourth-order valence-corrected chi connectivity index (χ4v) is 1.72. The molecule has 2 N–H and O–H groups in total. The van der Waals surface area contributed by atoms with Crippen LogP contribution in [0.5, 0.6) is 0 Å². The van der Waals surface area contributed by atoms with Crippen molar-refractivity contribution in [3.05, 3.63) is 11.4 Å². The summed E-state index contributed by atoms with van der Waals surface area (Å²) in [6.07, 6.45) is 5.27. The maximum atomic E-state index is 3.44. The summed E-state index contributed by atoms with van der Waals surface area (Å²) >= 11 is 0. The summed E-state index contributed by atoms with van der Waals surface area (Å²) in [6, 6.07) is 0. The lowest BCUT2D eigenvalue weighted by Gasteiger charge is -2.27. The predicted octanol–water partition coefficient (Wildman–Crippen LogP) is 0.965. The molecule has 1 aliphatic heterocycles. The molecule has 0 bridgehead atoms. The Bertz CT molecular complexity index is 127. The topological polar surface area (TPSA) is 24.1 Å². The van der Waals surface area contributed by atoms with Crippen LogP contribution in [0.4, 0.5) is 0 Å². The van der Waals surface area contributed by atoms with Crippen molar-refractivity contribution < 1.29 is 0 Å². The normalized spacial score (nSPS) is 24.8. The molecule has 2 aliphatic rings. The Kier molecular flexibility index (Phi) is 1.53. The lowest BCUT2D eigenvalue weighted by Crippen LogP contribution is -2.36. The highest BCUT2D eigenvalue weighted by Gasteiger charge is 2.14. The number of hydrogen-bond donors (Lipinski definition) is 2. The molecule has 0 radical (unpaired) electrons. The average Bonchev–Trinajstić information content (AvgIpc) is 2.05. The van der Waals surface area contributed by atoms with Crippen LogP contribution in [0.1, 0.15) is 25.7 Å². The van der Waals surface area contributed by atoms with E-state index in [-0.39, 0.29) is 0 Å². The summed E-state index contributed by atoms with van der Waals surface area (Å²) in [7, 11) is 0. The van der Waals surface area contributed by atoms with Gasteiger partial charge in [0.15, 0.2) is 0 Å². The molecular formula is C8H14N2. The van der Waals surface area contributed by atoms with Gasteiger partial charge in [-0.15, -0.1) is 0 Å². The molecule has 0 aromatic carbocycles. The average molecular weight is 138 g/mol. The summed E-state index contributed by atoms with van der Waals surface area (Å²) in [5.74, 6) is 0. The molecule has 1 heterocycles. The number of hydrogen-bond acceptors (Lipinski definition) is 2. The molecular weight excluding hydrogens is 124 g/mol. The summed E-state index contributed by atoms with van der Waals surface area (Å²) in [5, 5.41) is 6.88. The van der Waals surface area contributed by atoms with Gasteiger partial charge in [-0.25, -0.2) is 0 Å². The van der Waals surface area contributed by atoms with Crippen LogP contribution in [0.25, 0.3) is 0 Å². The highest BCUT2D eigenvalue weighted by atomic mass is 15.0. The van der Waals surface area contributed by atoms with E-state index in [1.165, 1.54) is 37.1 Å². The smallest absolute Gasteiger partial charge is 0.0318 e. The molecule has 0 spiro atoms. The van der Waals surface area contributed by atoms with Gasteiger partial charge in [0, 0.05) is 24.5 Å². The highest BCUT2D eigenvalue weighted by molar-refractivity contribution is 5.16. The molecule has 0 fully saturated rings. The van der Waals surface area contributed by atoms with Gasteiger partial charge in [0.2, 0.25) is 0 Å². The zero-order valence-corrected chi connectivity index (χ0v) is 6.24. The van der Waals surface area contributed by atoms with E-state index in [1.807, 2.05) is 0 Å². The molecule has 2 nitrogen and oxygen atoms in total. The molecule has 2 rings (SSSR count). The van der Waals surface area contributed by atoms with Gasteiger partial charge in [-0.2, -0.15) is 0 Å². The van der Waals surface area contributed by atoms with Crippen molar-refractivity contribution in [3.63, 3.8) is 0 Å². The molecule has 2 heteroatoms. The SMILES string of the molecule is C1CCC2=C(C1)NCCN2. The van der Waals surface area contributed by atoms with Crippen molar-refractivity contribution >= 4 is 0 Å². The number of rotatable bonds is 0. The molecule has 0 amide bonds. The molecule has 10 heavy (non-hydrogen) atoms. The highest BCUT2D eigenvalue weighted by Crippen LogP contribution is 2.21. The van der Waals surface area contributed by atoms with Crippen molar-refractivity contribution in [2.24, 2.45) is 0 Å². The van der Waals surface area contributed by atoms with Gasteiger partial charge in [-0.05, 0) is 25.7 Å². The van der Waals surface area contributed by atoms with Crippen LogP contribution in [0.3, 0.4) is 0 Å². The van der Waals surface area contributed by atoms with Gasteiger partial charge in [-0.1, -0.05) is 0 Å². The Morgan fingerprint density at radius 2 is 1.30 bits per heavy atom. The third-order valence-electron chi connectivity index (χ3n) is 2.27. The van der Waals surface area contributed by atoms with Crippen molar-refractivity contribution in [3.8, 4) is 0 Å². The van der Waals surface area contributed by atoms with Crippen LogP contribution in [0.2, 0.25) is 0 Å². The Morgan fingerprint density at radius 1 is 0.800 bits per heavy atom. The van der Waals surface area contributed by atoms with Gasteiger partial charge in [0.25, 0.3) is 0 Å². The van der Waals surface area contributed by atoms with Crippen molar-refractivity contribution in [2.45, 2.75) is 25.7 Å². The van der Waals surface area contributed by atoms with Crippen LogP contribution in [-0.4, -0.2) is 13.1 Å². The first-order valence-corrected chi connectivity index (χ1v) is 4.16. The molecule has 0 saturated heterocycles. The van der Waals surface area contributed by atoms with E-state index in [4.69, 9.17) is 0 Å². The van der Waals surface area contributed by atoms with Crippen molar-refractivity contribution in [1.29, 1.82) is 0 Å². The third-order valence-corrected chi connectivity index (χ3v) is 2.27. The zero-order valence-electron chi connectivity index (χ0n) is 6.24. The maximum Gasteiger partial charge on any atom is 0.0318 e. The summed E-state index contributed by atoms with van der Waals surface area (Å²) in [5.41, 5.74) is 2.97. The Labute approximate surface area is 61.7 Å². The lowest BCUT2D eigenvalue weighted by molar-refractivity contribution is 0.532. The van der Waals surface area contributed by atoms with E-state index in [9.17, 15) is 0 Å². The van der Waals surface area contributed by atoms with Crippen LogP contribution in [0, 0.1) is 0 Å². The second kappa shape index (κ2) is 2.52. The van der Waals surface area contributed by atoms with E-state index in [1.54, 1.807) is 0 Å². The van der Waals surface area contributed by atoms with Crippen LogP contribution < -0.4 is 10.6 Å². The van der Waals surface area contributed by atoms with Gasteiger partial charge in [0.1, 0.15) is 0 Å². The fraction of sp³-hybridized carbons (Fsp3) is 0.750. The van der Waals surface area contributed by atoms with E-state index in [0.29, 0.717) is 0 Å². The third kappa shape index (κ3) is 0.981. The van der Waals surface area contributed by atoms with E-state index < -0.39 is 0 Å². The minimum atomic E-state index is 1.11. The van der Waals surface area contributed by atoms with Crippen molar-refractivity contribution in [1.82, 2.24) is 10.6 Å². The summed E-state index contributed by atoms with van der Waals surface area (Å²) < 4.78 is 0. The molecule has 0 unspecified atom stereocenters. The minimum Gasteiger partial charge on any atom is -0.385 e. The zero-order chi connectivity index (χ0) is 6.81. The largest absolute Gasteiger partial charge is 0.385 e.